The number of benzene rings is 1. The van der Waals surface area contributed by atoms with Crippen LogP contribution in [0.5, 0.6) is 5.75 Å². The van der Waals surface area contributed by atoms with Crippen molar-refractivity contribution in [2.45, 2.75) is 27.3 Å². The number of carbonyl (C=O) groups excluding carboxylic acids is 1. The highest BCUT2D eigenvalue weighted by molar-refractivity contribution is 6.00. The highest BCUT2D eigenvalue weighted by Gasteiger charge is 2.25. The molecule has 1 aromatic carbocycles. The van der Waals surface area contributed by atoms with E-state index in [1.165, 1.54) is 4.68 Å². The SMILES string of the molecule is CCN(CC)Cc1c(C(=O)NN=C(C)c2cccc(OC)c2)nnn1-c1nonc1N. The molecule has 0 saturated heterocycles. The second kappa shape index (κ2) is 9.80. The second-order valence-electron chi connectivity index (χ2n) is 6.60. The molecular weight excluding hydrogens is 402 g/mol. The molecular formula is C19H25N9O3. The van der Waals surface area contributed by atoms with Gasteiger partial charge in [-0.3, -0.25) is 9.69 Å². The molecule has 0 unspecified atom stereocenters. The third-order valence-corrected chi connectivity index (χ3v) is 4.75. The third kappa shape index (κ3) is 4.86. The van der Waals surface area contributed by atoms with Crippen LogP contribution >= 0.6 is 0 Å². The van der Waals surface area contributed by atoms with Crippen molar-refractivity contribution in [1.82, 2.24) is 35.6 Å². The molecule has 0 atom stereocenters. The fourth-order valence-electron chi connectivity index (χ4n) is 2.89. The zero-order valence-corrected chi connectivity index (χ0v) is 17.9. The summed E-state index contributed by atoms with van der Waals surface area (Å²) in [5.74, 6) is 0.404. The van der Waals surface area contributed by atoms with Gasteiger partial charge in [-0.25, -0.2) is 10.1 Å². The van der Waals surface area contributed by atoms with Gasteiger partial charge in [0.15, 0.2) is 5.69 Å². The first-order valence-corrected chi connectivity index (χ1v) is 9.72. The Kier molecular flexibility index (Phi) is 6.92. The Labute approximate surface area is 179 Å². The lowest BCUT2D eigenvalue weighted by atomic mass is 10.1. The van der Waals surface area contributed by atoms with Gasteiger partial charge in [0.1, 0.15) is 5.75 Å². The first-order chi connectivity index (χ1) is 15.0. The smallest absolute Gasteiger partial charge is 0.293 e. The lowest BCUT2D eigenvalue weighted by Crippen LogP contribution is -2.27. The van der Waals surface area contributed by atoms with Crippen molar-refractivity contribution in [3.63, 3.8) is 0 Å². The third-order valence-electron chi connectivity index (χ3n) is 4.75. The van der Waals surface area contributed by atoms with Crippen LogP contribution in [-0.2, 0) is 6.54 Å². The summed E-state index contributed by atoms with van der Waals surface area (Å²) < 4.78 is 11.3. The number of amides is 1. The second-order valence-corrected chi connectivity index (χ2v) is 6.60. The number of nitrogens with zero attached hydrogens (tertiary/aromatic N) is 7. The first-order valence-electron chi connectivity index (χ1n) is 9.72. The molecule has 1 amide bonds. The predicted octanol–water partition coefficient (Wildman–Crippen LogP) is 1.24. The Morgan fingerprint density at radius 3 is 2.74 bits per heavy atom. The standard InChI is InChI=1S/C19H25N9O3/c1-5-27(6-2)11-15-16(22-26-28(15)18-17(20)24-31-25-18)19(29)23-21-12(3)13-8-7-9-14(10-13)30-4/h7-10H,5-6,11H2,1-4H3,(H2,20,24)(H,23,29). The molecule has 0 aliphatic rings. The zero-order valence-electron chi connectivity index (χ0n) is 17.9. The molecule has 2 heterocycles. The molecule has 0 aliphatic heterocycles. The summed E-state index contributed by atoms with van der Waals surface area (Å²) in [6, 6.07) is 7.38. The minimum absolute atomic E-state index is 0.0459. The van der Waals surface area contributed by atoms with Crippen molar-refractivity contribution < 1.29 is 14.2 Å². The summed E-state index contributed by atoms with van der Waals surface area (Å²) in [5.41, 5.74) is 10.4. The van der Waals surface area contributed by atoms with Crippen LogP contribution in [-0.4, -0.2) is 62.0 Å². The average Bonchev–Trinajstić information content (AvgIpc) is 3.40. The van der Waals surface area contributed by atoms with E-state index in [2.05, 4.69) is 40.7 Å². The molecule has 12 heteroatoms. The van der Waals surface area contributed by atoms with Crippen molar-refractivity contribution in [2.75, 3.05) is 25.9 Å². The lowest BCUT2D eigenvalue weighted by molar-refractivity contribution is 0.0947. The maximum Gasteiger partial charge on any atom is 0.293 e. The van der Waals surface area contributed by atoms with E-state index in [-0.39, 0.29) is 17.3 Å². The van der Waals surface area contributed by atoms with Crippen LogP contribution in [0, 0.1) is 0 Å². The van der Waals surface area contributed by atoms with Crippen molar-refractivity contribution >= 4 is 17.4 Å². The fraction of sp³-hybridized carbons (Fsp3) is 0.368. The summed E-state index contributed by atoms with van der Waals surface area (Å²) in [4.78, 5) is 15.0. The molecule has 31 heavy (non-hydrogen) atoms. The number of carbonyl (C=O) groups is 1. The quantitative estimate of drug-likeness (QED) is 0.380. The number of anilines is 1. The number of methoxy groups -OCH3 is 1. The van der Waals surface area contributed by atoms with E-state index in [9.17, 15) is 4.79 Å². The Hall–Kier alpha value is -3.80. The number of hydrazone groups is 1. The van der Waals surface area contributed by atoms with E-state index in [0.717, 1.165) is 18.7 Å². The molecule has 12 nitrogen and oxygen atoms in total. The van der Waals surface area contributed by atoms with Gasteiger partial charge < -0.3 is 10.5 Å². The molecule has 164 valence electrons. The molecule has 0 aliphatic carbocycles. The predicted molar refractivity (Wildman–Crippen MR) is 113 cm³/mol. The van der Waals surface area contributed by atoms with Gasteiger partial charge in [-0.15, -0.1) is 5.10 Å². The van der Waals surface area contributed by atoms with Crippen molar-refractivity contribution in [3.8, 4) is 11.6 Å². The normalized spacial score (nSPS) is 11.7. The fourth-order valence-corrected chi connectivity index (χ4v) is 2.89. The zero-order chi connectivity index (χ0) is 22.4. The maximum atomic E-state index is 12.9. The summed E-state index contributed by atoms with van der Waals surface area (Å²) in [7, 11) is 1.59. The van der Waals surface area contributed by atoms with Crippen LogP contribution in [0.3, 0.4) is 0 Å². The number of nitrogens with two attached hydrogens (primary N) is 1. The van der Waals surface area contributed by atoms with E-state index in [1.54, 1.807) is 14.0 Å². The number of nitrogen functional groups attached to an aromatic ring is 1. The molecule has 0 bridgehead atoms. The number of hydrogen-bond donors (Lipinski definition) is 2. The number of aromatic nitrogens is 5. The topological polar surface area (TPSA) is 150 Å². The van der Waals surface area contributed by atoms with E-state index >= 15 is 0 Å². The minimum Gasteiger partial charge on any atom is -0.497 e. The van der Waals surface area contributed by atoms with Gasteiger partial charge in [0.05, 0.1) is 18.5 Å². The van der Waals surface area contributed by atoms with Crippen LogP contribution in [0.15, 0.2) is 34.0 Å². The van der Waals surface area contributed by atoms with Crippen molar-refractivity contribution in [3.05, 3.63) is 41.2 Å². The van der Waals surface area contributed by atoms with Gasteiger partial charge in [-0.2, -0.15) is 9.78 Å². The van der Waals surface area contributed by atoms with E-state index in [1.807, 2.05) is 38.1 Å². The van der Waals surface area contributed by atoms with E-state index < -0.39 is 5.91 Å². The number of nitrogens with one attached hydrogen (secondary N) is 1. The molecule has 3 N–H and O–H groups in total. The van der Waals surface area contributed by atoms with Crippen molar-refractivity contribution in [2.24, 2.45) is 5.10 Å². The van der Waals surface area contributed by atoms with Gasteiger partial charge >= 0.3 is 0 Å². The summed E-state index contributed by atoms with van der Waals surface area (Å²) in [5, 5.41) is 19.6. The van der Waals surface area contributed by atoms with E-state index in [0.29, 0.717) is 23.7 Å². The van der Waals surface area contributed by atoms with Gasteiger partial charge in [-0.05, 0) is 42.5 Å². The Bertz CT molecular complexity index is 1070. The summed E-state index contributed by atoms with van der Waals surface area (Å²) >= 11 is 0. The Balaban J connectivity index is 1.89. The van der Waals surface area contributed by atoms with Gasteiger partial charge in [0.25, 0.3) is 5.91 Å². The minimum atomic E-state index is -0.509. The van der Waals surface area contributed by atoms with Gasteiger partial charge in [-0.1, -0.05) is 31.2 Å². The monoisotopic (exact) mass is 427 g/mol. The van der Waals surface area contributed by atoms with Gasteiger partial charge in [0.2, 0.25) is 11.6 Å². The maximum absolute atomic E-state index is 12.9. The van der Waals surface area contributed by atoms with Crippen LogP contribution < -0.4 is 15.9 Å². The van der Waals surface area contributed by atoms with Crippen LogP contribution in [0.1, 0.15) is 42.5 Å². The van der Waals surface area contributed by atoms with Gasteiger partial charge in [0, 0.05) is 12.1 Å². The summed E-state index contributed by atoms with van der Waals surface area (Å²) in [6.45, 7) is 7.75. The number of rotatable bonds is 9. The molecule has 0 saturated carbocycles. The summed E-state index contributed by atoms with van der Waals surface area (Å²) in [6.07, 6.45) is 0. The molecule has 0 spiro atoms. The molecule has 0 fully saturated rings. The molecule has 0 radical (unpaired) electrons. The lowest BCUT2D eigenvalue weighted by Gasteiger charge is -2.18. The van der Waals surface area contributed by atoms with Crippen LogP contribution in [0.2, 0.25) is 0 Å². The molecule has 3 aromatic rings. The average molecular weight is 427 g/mol. The number of hydrogen-bond acceptors (Lipinski definition) is 10. The van der Waals surface area contributed by atoms with Crippen molar-refractivity contribution in [1.29, 1.82) is 0 Å². The Morgan fingerprint density at radius 1 is 1.32 bits per heavy atom. The van der Waals surface area contributed by atoms with Crippen LogP contribution in [0.4, 0.5) is 5.82 Å². The van der Waals surface area contributed by atoms with E-state index in [4.69, 9.17) is 10.5 Å². The molecule has 3 rings (SSSR count). The highest BCUT2D eigenvalue weighted by atomic mass is 16.6. The number of ether oxygens (including phenoxy) is 1. The first kappa shape index (κ1) is 21.9. The van der Waals surface area contributed by atoms with Crippen LogP contribution in [0.25, 0.3) is 5.82 Å². The highest BCUT2D eigenvalue weighted by Crippen LogP contribution is 2.18. The Morgan fingerprint density at radius 2 is 2.10 bits per heavy atom. The largest absolute Gasteiger partial charge is 0.497 e. The molecule has 2 aromatic heterocycles.